The maximum Gasteiger partial charge on any atom is 0.365 e. The summed E-state index contributed by atoms with van der Waals surface area (Å²) >= 11 is 1.22. The zero-order valence-corrected chi connectivity index (χ0v) is 15.3. The van der Waals surface area contributed by atoms with E-state index in [-0.39, 0.29) is 11.3 Å². The van der Waals surface area contributed by atoms with E-state index in [1.54, 1.807) is 19.2 Å². The molecule has 0 amide bonds. The molecule has 0 aliphatic rings. The second-order valence-corrected chi connectivity index (χ2v) is 6.91. The largest absolute Gasteiger partial charge is 0.497 e. The van der Waals surface area contributed by atoms with Gasteiger partial charge in [-0.3, -0.25) is 9.36 Å². The van der Waals surface area contributed by atoms with E-state index in [1.807, 2.05) is 47.8 Å². The molecule has 2 aromatic heterocycles. The van der Waals surface area contributed by atoms with Crippen LogP contribution in [0.2, 0.25) is 0 Å². The summed E-state index contributed by atoms with van der Waals surface area (Å²) in [6.45, 7) is 0.219. The molecule has 4 rings (SSSR count). The van der Waals surface area contributed by atoms with Crippen molar-refractivity contribution in [2.45, 2.75) is 6.54 Å². The Morgan fingerprint density at radius 2 is 1.74 bits per heavy atom. The molecule has 0 bridgehead atoms. The molecule has 2 heterocycles. The minimum atomic E-state index is -0.765. The third-order valence-electron chi connectivity index (χ3n) is 4.42. The van der Waals surface area contributed by atoms with Gasteiger partial charge in [0.1, 0.15) is 10.4 Å². The Morgan fingerprint density at radius 1 is 1.04 bits per heavy atom. The van der Waals surface area contributed by atoms with Gasteiger partial charge in [0.05, 0.1) is 19.2 Å². The van der Waals surface area contributed by atoms with Gasteiger partial charge in [0.25, 0.3) is 0 Å². The van der Waals surface area contributed by atoms with Crippen LogP contribution in [0.1, 0.15) is 5.56 Å². The fourth-order valence-electron chi connectivity index (χ4n) is 3.05. The lowest BCUT2D eigenvalue weighted by molar-refractivity contribution is 0.158. The second kappa shape index (κ2) is 6.77. The normalized spacial score (nSPS) is 11.0. The Hall–Kier alpha value is -3.32. The average molecular weight is 380 g/mol. The van der Waals surface area contributed by atoms with Crippen LogP contribution in [0.5, 0.6) is 5.75 Å². The Labute approximate surface area is 158 Å². The van der Waals surface area contributed by atoms with Gasteiger partial charge in [0.15, 0.2) is 0 Å². The van der Waals surface area contributed by atoms with Gasteiger partial charge < -0.3 is 9.94 Å². The monoisotopic (exact) mass is 380 g/mol. The van der Waals surface area contributed by atoms with E-state index >= 15 is 0 Å². The molecule has 1 N–H and O–H groups in total. The molecule has 27 heavy (non-hydrogen) atoms. The topological polar surface area (TPSA) is 73.5 Å². The summed E-state index contributed by atoms with van der Waals surface area (Å²) in [6, 6.07) is 16.9. The SMILES string of the molecule is COc1ccc(Cn2c(=O)n(O)c(=O)c3scc(-c4ccccc4)c32)cc1. The van der Waals surface area contributed by atoms with E-state index in [0.29, 0.717) is 16.0 Å². The van der Waals surface area contributed by atoms with Crippen molar-refractivity contribution < 1.29 is 9.94 Å². The zero-order valence-electron chi connectivity index (χ0n) is 14.5. The Bertz CT molecular complexity index is 1220. The first-order valence-electron chi connectivity index (χ1n) is 8.25. The molecule has 2 aromatic carbocycles. The predicted molar refractivity (Wildman–Crippen MR) is 105 cm³/mol. The van der Waals surface area contributed by atoms with Crippen LogP contribution in [0.25, 0.3) is 21.3 Å². The molecule has 0 fully saturated rings. The van der Waals surface area contributed by atoms with Gasteiger partial charge in [-0.2, -0.15) is 0 Å². The van der Waals surface area contributed by atoms with Gasteiger partial charge in [-0.05, 0) is 23.3 Å². The van der Waals surface area contributed by atoms with E-state index in [9.17, 15) is 14.8 Å². The van der Waals surface area contributed by atoms with Gasteiger partial charge >= 0.3 is 11.2 Å². The van der Waals surface area contributed by atoms with E-state index < -0.39 is 11.2 Å². The van der Waals surface area contributed by atoms with Crippen LogP contribution >= 0.6 is 11.3 Å². The molecule has 7 heteroatoms. The van der Waals surface area contributed by atoms with Crippen molar-refractivity contribution >= 4 is 21.6 Å². The van der Waals surface area contributed by atoms with E-state index in [0.717, 1.165) is 16.7 Å². The summed E-state index contributed by atoms with van der Waals surface area (Å²) < 4.78 is 7.10. The van der Waals surface area contributed by atoms with Crippen LogP contribution < -0.4 is 16.0 Å². The molecule has 0 saturated heterocycles. The highest BCUT2D eigenvalue weighted by Crippen LogP contribution is 2.31. The maximum absolute atomic E-state index is 12.7. The average Bonchev–Trinajstić information content (AvgIpc) is 3.16. The van der Waals surface area contributed by atoms with E-state index in [4.69, 9.17) is 4.74 Å². The van der Waals surface area contributed by atoms with Gasteiger partial charge in [0, 0.05) is 10.9 Å². The molecule has 0 spiro atoms. The molecule has 6 nitrogen and oxygen atoms in total. The number of hydrogen-bond donors (Lipinski definition) is 1. The number of thiophene rings is 1. The smallest absolute Gasteiger partial charge is 0.365 e. The lowest BCUT2D eigenvalue weighted by Gasteiger charge is -2.11. The number of aromatic nitrogens is 2. The van der Waals surface area contributed by atoms with Crippen molar-refractivity contribution in [3.8, 4) is 16.9 Å². The summed E-state index contributed by atoms with van der Waals surface area (Å²) in [7, 11) is 1.59. The first-order chi connectivity index (χ1) is 13.1. The predicted octanol–water partition coefficient (Wildman–Crippen LogP) is 3.19. The summed E-state index contributed by atoms with van der Waals surface area (Å²) in [4.78, 5) is 25.0. The van der Waals surface area contributed by atoms with E-state index in [1.165, 1.54) is 15.9 Å². The minimum Gasteiger partial charge on any atom is -0.497 e. The maximum atomic E-state index is 12.7. The van der Waals surface area contributed by atoms with Gasteiger partial charge in [-0.15, -0.1) is 11.3 Å². The molecule has 0 aliphatic carbocycles. The lowest BCUT2D eigenvalue weighted by atomic mass is 10.1. The molecule has 136 valence electrons. The number of hydrogen-bond acceptors (Lipinski definition) is 5. The van der Waals surface area contributed by atoms with Crippen LogP contribution in [-0.4, -0.2) is 21.6 Å². The van der Waals surface area contributed by atoms with Crippen molar-refractivity contribution in [3.63, 3.8) is 0 Å². The van der Waals surface area contributed by atoms with Crippen molar-refractivity contribution in [3.05, 3.63) is 86.4 Å². The Balaban J connectivity index is 1.96. The van der Waals surface area contributed by atoms with Crippen LogP contribution in [0, 0.1) is 0 Å². The highest BCUT2D eigenvalue weighted by atomic mass is 32.1. The highest BCUT2D eigenvalue weighted by molar-refractivity contribution is 7.17. The molecule has 0 atom stereocenters. The van der Waals surface area contributed by atoms with Crippen LogP contribution in [0.3, 0.4) is 0 Å². The minimum absolute atomic E-state index is 0.178. The quantitative estimate of drug-likeness (QED) is 0.552. The fraction of sp³-hybridized carbons (Fsp3) is 0.100. The second-order valence-electron chi connectivity index (χ2n) is 6.03. The molecule has 0 unspecified atom stereocenters. The molecule has 4 aromatic rings. The standard InChI is InChI=1S/C20H16N2O4S/c1-26-15-9-7-13(8-10-15)11-21-17-16(14-5-3-2-4-6-14)12-27-18(17)19(23)22(25)20(21)24/h2-10,12,25H,11H2,1H3. The van der Waals surface area contributed by atoms with Crippen LogP contribution in [-0.2, 0) is 6.54 Å². The number of ether oxygens (including phenoxy) is 1. The molecule has 0 saturated carbocycles. The van der Waals surface area contributed by atoms with Crippen molar-refractivity contribution in [2.75, 3.05) is 7.11 Å². The molecule has 0 radical (unpaired) electrons. The van der Waals surface area contributed by atoms with Crippen molar-refractivity contribution in [1.82, 2.24) is 9.30 Å². The lowest BCUT2D eigenvalue weighted by Crippen LogP contribution is -2.38. The van der Waals surface area contributed by atoms with Crippen LogP contribution in [0.4, 0.5) is 0 Å². The summed E-state index contributed by atoms with van der Waals surface area (Å²) in [5.41, 5.74) is 1.61. The number of methoxy groups -OCH3 is 1. The first-order valence-corrected chi connectivity index (χ1v) is 9.13. The number of benzene rings is 2. The first kappa shape index (κ1) is 17.1. The third-order valence-corrected chi connectivity index (χ3v) is 5.38. The molecular weight excluding hydrogens is 364 g/mol. The van der Waals surface area contributed by atoms with E-state index in [2.05, 4.69) is 0 Å². The zero-order chi connectivity index (χ0) is 19.0. The number of nitrogens with zero attached hydrogens (tertiary/aromatic N) is 2. The third kappa shape index (κ3) is 2.92. The van der Waals surface area contributed by atoms with Gasteiger partial charge in [-0.25, -0.2) is 4.79 Å². The fourth-order valence-corrected chi connectivity index (χ4v) is 4.05. The molecular formula is C20H16N2O4S. The number of fused-ring (bicyclic) bond motifs is 1. The van der Waals surface area contributed by atoms with Gasteiger partial charge in [-0.1, -0.05) is 47.2 Å². The summed E-state index contributed by atoms with van der Waals surface area (Å²) in [5.74, 6) is 0.712. The Morgan fingerprint density at radius 3 is 2.41 bits per heavy atom. The highest BCUT2D eigenvalue weighted by Gasteiger charge is 2.18. The van der Waals surface area contributed by atoms with Gasteiger partial charge in [0.2, 0.25) is 0 Å². The summed E-state index contributed by atoms with van der Waals surface area (Å²) in [5, 5.41) is 11.8. The van der Waals surface area contributed by atoms with Crippen LogP contribution in [0.15, 0.2) is 69.6 Å². The Kier molecular flexibility index (Phi) is 4.29. The molecule has 0 aliphatic heterocycles. The number of rotatable bonds is 4. The van der Waals surface area contributed by atoms with Crippen molar-refractivity contribution in [1.29, 1.82) is 0 Å². The summed E-state index contributed by atoms with van der Waals surface area (Å²) in [6.07, 6.45) is 0. The van der Waals surface area contributed by atoms with Crippen molar-refractivity contribution in [2.24, 2.45) is 0 Å².